The molecule has 0 unspecified atom stereocenters. The lowest BCUT2D eigenvalue weighted by Crippen LogP contribution is -2.11. The van der Waals surface area contributed by atoms with Crippen LogP contribution in [0, 0.1) is 35.1 Å². The van der Waals surface area contributed by atoms with Crippen molar-refractivity contribution in [1.82, 2.24) is 0 Å². The van der Waals surface area contributed by atoms with Crippen LogP contribution in [0.5, 0.6) is 0 Å². The molecule has 0 saturated carbocycles. The van der Waals surface area contributed by atoms with Crippen LogP contribution in [0.25, 0.3) is 0 Å². The molecule has 2 aromatic carbocycles. The second-order valence-electron chi connectivity index (χ2n) is 5.60. The van der Waals surface area contributed by atoms with E-state index < -0.39 is 46.1 Å². The van der Waals surface area contributed by atoms with Crippen LogP contribution in [0.2, 0.25) is 0 Å². The number of hydrogen-bond acceptors (Lipinski definition) is 0. The van der Waals surface area contributed by atoms with Gasteiger partial charge in [0.1, 0.15) is 28.8 Å². The highest BCUT2D eigenvalue weighted by Crippen LogP contribution is 2.33. The zero-order chi connectivity index (χ0) is 19.5. The smallest absolute Gasteiger partial charge is 0.206 e. The second kappa shape index (κ2) is 7.81. The first-order valence-electron chi connectivity index (χ1n) is 7.69. The quantitative estimate of drug-likeness (QED) is 0.456. The third-order valence-corrected chi connectivity index (χ3v) is 3.58. The number of halogens is 7. The van der Waals surface area contributed by atoms with Gasteiger partial charge in [0, 0.05) is 5.56 Å². The fourth-order valence-electron chi connectivity index (χ4n) is 2.32. The molecular formula is C19H13F7. The molecule has 0 heterocycles. The number of aryl methyl sites for hydroxylation is 1. The molecule has 2 aromatic rings. The Labute approximate surface area is 145 Å². The van der Waals surface area contributed by atoms with Crippen LogP contribution in [0.3, 0.4) is 0 Å². The summed E-state index contributed by atoms with van der Waals surface area (Å²) >= 11 is 0. The highest BCUT2D eigenvalue weighted by atomic mass is 19.4. The van der Waals surface area contributed by atoms with Crippen molar-refractivity contribution in [3.05, 3.63) is 69.8 Å². The van der Waals surface area contributed by atoms with Crippen LogP contribution >= 0.6 is 0 Å². The van der Waals surface area contributed by atoms with E-state index in [0.717, 1.165) is 25.0 Å². The number of alkyl halides is 3. The van der Waals surface area contributed by atoms with Gasteiger partial charge in [-0.3, -0.25) is 0 Å². The van der Waals surface area contributed by atoms with Crippen LogP contribution in [0.15, 0.2) is 24.3 Å². The van der Waals surface area contributed by atoms with Crippen molar-refractivity contribution in [2.45, 2.75) is 32.4 Å². The van der Waals surface area contributed by atoms with E-state index in [4.69, 9.17) is 0 Å². The highest BCUT2D eigenvalue weighted by molar-refractivity contribution is 5.46. The lowest BCUT2D eigenvalue weighted by atomic mass is 10.0. The maximum absolute atomic E-state index is 14.0. The molecule has 0 amide bonds. The summed E-state index contributed by atoms with van der Waals surface area (Å²) in [6, 6.07) is 2.95. The molecule has 138 valence electrons. The largest absolute Gasteiger partial charge is 0.422 e. The summed E-state index contributed by atoms with van der Waals surface area (Å²) in [4.78, 5) is 0. The van der Waals surface area contributed by atoms with E-state index in [1.54, 1.807) is 0 Å². The van der Waals surface area contributed by atoms with E-state index >= 15 is 0 Å². The summed E-state index contributed by atoms with van der Waals surface area (Å²) in [5.74, 6) is -1.43. The van der Waals surface area contributed by atoms with E-state index in [-0.39, 0.29) is 0 Å². The van der Waals surface area contributed by atoms with Gasteiger partial charge in [-0.15, -0.1) is 0 Å². The minimum atomic E-state index is -5.20. The van der Waals surface area contributed by atoms with E-state index in [9.17, 15) is 30.7 Å². The molecule has 0 bridgehead atoms. The molecule has 0 aliphatic rings. The predicted molar refractivity (Wildman–Crippen MR) is 82.3 cm³/mol. The van der Waals surface area contributed by atoms with Crippen molar-refractivity contribution in [3.63, 3.8) is 0 Å². The van der Waals surface area contributed by atoms with Gasteiger partial charge in [-0.1, -0.05) is 25.2 Å². The SMILES string of the molecule is CCCCc1cc(F)c(C#Cc2cc(F)c(C(F)(F)F)c(F)c2)c(F)c1. The van der Waals surface area contributed by atoms with Crippen LogP contribution in [0.1, 0.15) is 42.0 Å². The standard InChI is InChI=1S/C19H13F7/c1-2-3-4-11-7-14(20)13(15(21)8-11)6-5-12-9-16(22)18(17(23)10-12)19(24,25)26/h7-10H,2-4H2,1H3. The average Bonchev–Trinajstić information content (AvgIpc) is 2.50. The normalized spacial score (nSPS) is 11.2. The summed E-state index contributed by atoms with van der Waals surface area (Å²) in [6.45, 7) is 1.93. The van der Waals surface area contributed by atoms with Crippen molar-refractivity contribution < 1.29 is 30.7 Å². The fourth-order valence-corrected chi connectivity index (χ4v) is 2.32. The maximum atomic E-state index is 14.0. The molecule has 7 heteroatoms. The Morgan fingerprint density at radius 1 is 0.808 bits per heavy atom. The molecule has 0 N–H and O–H groups in total. The van der Waals surface area contributed by atoms with Crippen LogP contribution in [-0.2, 0) is 12.6 Å². The Kier molecular flexibility index (Phi) is 5.96. The van der Waals surface area contributed by atoms with E-state index in [0.29, 0.717) is 24.1 Å². The number of hydrogen-bond donors (Lipinski definition) is 0. The molecule has 0 aromatic heterocycles. The fraction of sp³-hybridized carbons (Fsp3) is 0.263. The molecule has 0 atom stereocenters. The van der Waals surface area contributed by atoms with Gasteiger partial charge in [-0.05, 0) is 42.7 Å². The van der Waals surface area contributed by atoms with Crippen LogP contribution in [0.4, 0.5) is 30.7 Å². The first-order chi connectivity index (χ1) is 12.1. The van der Waals surface area contributed by atoms with Crippen molar-refractivity contribution in [3.8, 4) is 11.8 Å². The minimum Gasteiger partial charge on any atom is -0.206 e. The van der Waals surface area contributed by atoms with Crippen molar-refractivity contribution in [1.29, 1.82) is 0 Å². The van der Waals surface area contributed by atoms with E-state index in [1.165, 1.54) is 0 Å². The van der Waals surface area contributed by atoms with Crippen LogP contribution in [-0.4, -0.2) is 0 Å². The third kappa shape index (κ3) is 4.57. The average molecular weight is 374 g/mol. The molecule has 2 rings (SSSR count). The summed E-state index contributed by atoms with van der Waals surface area (Å²) in [7, 11) is 0. The topological polar surface area (TPSA) is 0 Å². The zero-order valence-electron chi connectivity index (χ0n) is 13.6. The molecule has 0 aliphatic carbocycles. The Morgan fingerprint density at radius 2 is 1.35 bits per heavy atom. The summed E-state index contributed by atoms with van der Waals surface area (Å²) in [5, 5.41) is 0. The Morgan fingerprint density at radius 3 is 1.81 bits per heavy atom. The Bertz CT molecular complexity index is 824. The number of rotatable bonds is 3. The first-order valence-corrected chi connectivity index (χ1v) is 7.69. The van der Waals surface area contributed by atoms with Gasteiger partial charge in [-0.2, -0.15) is 13.2 Å². The molecule has 0 spiro atoms. The van der Waals surface area contributed by atoms with Gasteiger partial charge < -0.3 is 0 Å². The summed E-state index contributed by atoms with van der Waals surface area (Å²) < 4.78 is 92.5. The lowest BCUT2D eigenvalue weighted by Gasteiger charge is -2.09. The van der Waals surface area contributed by atoms with E-state index in [1.807, 2.05) is 6.92 Å². The maximum Gasteiger partial charge on any atom is 0.422 e. The Balaban J connectivity index is 2.38. The van der Waals surface area contributed by atoms with Crippen LogP contribution < -0.4 is 0 Å². The lowest BCUT2D eigenvalue weighted by molar-refractivity contribution is -0.142. The van der Waals surface area contributed by atoms with Crippen molar-refractivity contribution in [2.75, 3.05) is 0 Å². The third-order valence-electron chi connectivity index (χ3n) is 3.58. The van der Waals surface area contributed by atoms with Gasteiger partial charge in [0.05, 0.1) is 5.56 Å². The predicted octanol–water partition coefficient (Wildman–Crippen LogP) is 6.00. The highest BCUT2D eigenvalue weighted by Gasteiger charge is 2.37. The molecule has 0 radical (unpaired) electrons. The first kappa shape index (κ1) is 19.8. The minimum absolute atomic E-state index is 0.365. The van der Waals surface area contributed by atoms with Gasteiger partial charge in [-0.25, -0.2) is 17.6 Å². The molecule has 26 heavy (non-hydrogen) atoms. The van der Waals surface area contributed by atoms with Gasteiger partial charge >= 0.3 is 6.18 Å². The van der Waals surface area contributed by atoms with E-state index in [2.05, 4.69) is 11.8 Å². The monoisotopic (exact) mass is 374 g/mol. The molecule has 0 aliphatic heterocycles. The molecule has 0 saturated heterocycles. The molecular weight excluding hydrogens is 361 g/mol. The van der Waals surface area contributed by atoms with Crippen molar-refractivity contribution in [2.24, 2.45) is 0 Å². The van der Waals surface area contributed by atoms with Crippen molar-refractivity contribution >= 4 is 0 Å². The van der Waals surface area contributed by atoms with Gasteiger partial charge in [0.15, 0.2) is 0 Å². The molecule has 0 fully saturated rings. The summed E-state index contributed by atoms with van der Waals surface area (Å²) in [6.07, 6.45) is -3.14. The number of unbranched alkanes of at least 4 members (excludes halogenated alkanes) is 1. The summed E-state index contributed by atoms with van der Waals surface area (Å²) in [5.41, 5.74) is -2.69. The van der Waals surface area contributed by atoms with Gasteiger partial charge in [0.2, 0.25) is 0 Å². The second-order valence-corrected chi connectivity index (χ2v) is 5.60. The number of benzene rings is 2. The zero-order valence-corrected chi connectivity index (χ0v) is 13.6. The molecule has 0 nitrogen and oxygen atoms in total. The Hall–Kier alpha value is -2.49. The van der Waals surface area contributed by atoms with Gasteiger partial charge in [0.25, 0.3) is 0 Å².